The minimum atomic E-state index is -1.31. The Morgan fingerprint density at radius 1 is 1.16 bits per heavy atom. The molecule has 1 aromatic heterocycles. The van der Waals surface area contributed by atoms with Gasteiger partial charge in [-0.1, -0.05) is 45.0 Å². The van der Waals surface area contributed by atoms with Crippen LogP contribution >= 0.6 is 11.3 Å². The molecule has 0 unspecified atom stereocenters. The lowest BCUT2D eigenvalue weighted by molar-refractivity contribution is -0.146. The molecule has 4 atom stereocenters. The lowest BCUT2D eigenvalue weighted by Crippen LogP contribution is -2.58. The number of aliphatic hydroxyl groups is 1. The van der Waals surface area contributed by atoms with Crippen LogP contribution in [-0.4, -0.2) is 68.5 Å². The van der Waals surface area contributed by atoms with Crippen LogP contribution < -0.4 is 10.6 Å². The molecule has 1 fully saturated rings. The number of benzene rings is 1. The number of likely N-dealkylation sites (tertiary alicyclic amines) is 1. The highest BCUT2D eigenvalue weighted by atomic mass is 32.1. The van der Waals surface area contributed by atoms with E-state index in [4.69, 9.17) is 5.11 Å². The second-order valence-corrected chi connectivity index (χ2v) is 11.3. The molecule has 0 saturated carbocycles. The quantitative estimate of drug-likeness (QED) is 0.383. The summed E-state index contributed by atoms with van der Waals surface area (Å²) in [6.07, 6.45) is -1.61. The Bertz CT molecular complexity index is 1160. The van der Waals surface area contributed by atoms with E-state index in [0.717, 1.165) is 21.7 Å². The number of aliphatic carboxylic acids is 1. The number of rotatable bonds is 8. The van der Waals surface area contributed by atoms with Crippen molar-refractivity contribution >= 4 is 35.0 Å². The molecule has 3 rings (SSSR count). The third-order valence-electron chi connectivity index (χ3n) is 6.37. The maximum atomic E-state index is 13.5. The monoisotopic (exact) mass is 530 g/mol. The second kappa shape index (κ2) is 11.4. The number of β-amino-alcohol motifs (C(OH)–C–C–N with tert-alkyl or cyclic N) is 1. The van der Waals surface area contributed by atoms with Crippen molar-refractivity contribution in [2.24, 2.45) is 5.41 Å². The SMILES string of the molecule is Cc1ncsc1-c1ccc([C@H](C)NC(=O)[C@@H]2C[C@@H](O)CN2C(=O)[C@@H](NC(=O)CC(=O)O)C(C)(C)C)cc1. The number of thiazole rings is 1. The van der Waals surface area contributed by atoms with Crippen LogP contribution in [0.15, 0.2) is 29.8 Å². The van der Waals surface area contributed by atoms with E-state index < -0.39 is 53.7 Å². The Kier molecular flexibility index (Phi) is 8.70. The average molecular weight is 531 g/mol. The predicted molar refractivity (Wildman–Crippen MR) is 139 cm³/mol. The number of hydrogen-bond acceptors (Lipinski definition) is 7. The van der Waals surface area contributed by atoms with Crippen LogP contribution in [0.1, 0.15) is 57.8 Å². The summed E-state index contributed by atoms with van der Waals surface area (Å²) in [5.74, 6) is -3.06. The van der Waals surface area contributed by atoms with E-state index in [-0.39, 0.29) is 19.0 Å². The van der Waals surface area contributed by atoms with E-state index in [9.17, 15) is 24.3 Å². The van der Waals surface area contributed by atoms with E-state index in [2.05, 4.69) is 15.6 Å². The van der Waals surface area contributed by atoms with Crippen molar-refractivity contribution in [1.82, 2.24) is 20.5 Å². The maximum Gasteiger partial charge on any atom is 0.312 e. The number of aromatic nitrogens is 1. The van der Waals surface area contributed by atoms with E-state index >= 15 is 0 Å². The number of nitrogens with one attached hydrogen (secondary N) is 2. The van der Waals surface area contributed by atoms with Gasteiger partial charge in [-0.25, -0.2) is 4.98 Å². The number of hydrogen-bond donors (Lipinski definition) is 4. The van der Waals surface area contributed by atoms with Gasteiger partial charge in [0.15, 0.2) is 0 Å². The largest absolute Gasteiger partial charge is 0.481 e. The number of carboxylic acid groups (broad SMARTS) is 1. The number of aliphatic hydroxyl groups excluding tert-OH is 1. The zero-order chi connectivity index (χ0) is 27.5. The number of aryl methyl sites for hydroxylation is 1. The number of carbonyl (C=O) groups excluding carboxylic acids is 3. The van der Waals surface area contributed by atoms with Gasteiger partial charge in [-0.05, 0) is 30.4 Å². The lowest BCUT2D eigenvalue weighted by atomic mass is 9.85. The van der Waals surface area contributed by atoms with Gasteiger partial charge < -0.3 is 25.7 Å². The number of amides is 3. The molecule has 0 radical (unpaired) electrons. The summed E-state index contributed by atoms with van der Waals surface area (Å²) in [4.78, 5) is 56.4. The molecule has 37 heavy (non-hydrogen) atoms. The molecule has 1 aromatic carbocycles. The molecular weight excluding hydrogens is 496 g/mol. The first-order valence-corrected chi connectivity index (χ1v) is 13.0. The number of carboxylic acids is 1. The van der Waals surface area contributed by atoms with E-state index in [1.54, 1.807) is 37.6 Å². The Morgan fingerprint density at radius 3 is 2.35 bits per heavy atom. The van der Waals surface area contributed by atoms with Crippen LogP contribution in [0.2, 0.25) is 0 Å². The normalized spacial score (nSPS) is 19.2. The molecule has 11 heteroatoms. The topological polar surface area (TPSA) is 149 Å². The third kappa shape index (κ3) is 6.92. The van der Waals surface area contributed by atoms with Crippen molar-refractivity contribution in [3.05, 3.63) is 41.0 Å². The molecule has 4 N–H and O–H groups in total. The molecule has 10 nitrogen and oxygen atoms in total. The lowest BCUT2D eigenvalue weighted by Gasteiger charge is -2.35. The molecule has 0 aliphatic carbocycles. The summed E-state index contributed by atoms with van der Waals surface area (Å²) in [5.41, 5.74) is 3.91. The molecule has 2 aromatic rings. The highest BCUT2D eigenvalue weighted by Crippen LogP contribution is 2.29. The molecular formula is C26H34N4O6S. The van der Waals surface area contributed by atoms with Crippen LogP contribution in [-0.2, 0) is 19.2 Å². The smallest absolute Gasteiger partial charge is 0.312 e. The predicted octanol–water partition coefficient (Wildman–Crippen LogP) is 2.26. The van der Waals surface area contributed by atoms with Crippen LogP contribution in [0.4, 0.5) is 0 Å². The van der Waals surface area contributed by atoms with Gasteiger partial charge in [0.1, 0.15) is 18.5 Å². The first kappa shape index (κ1) is 28.3. The Hall–Kier alpha value is -3.31. The van der Waals surface area contributed by atoms with Crippen molar-refractivity contribution < 1.29 is 29.4 Å². The highest BCUT2D eigenvalue weighted by molar-refractivity contribution is 7.13. The van der Waals surface area contributed by atoms with Gasteiger partial charge in [-0.15, -0.1) is 11.3 Å². The molecule has 0 bridgehead atoms. The average Bonchev–Trinajstić information content (AvgIpc) is 3.41. The van der Waals surface area contributed by atoms with Gasteiger partial charge >= 0.3 is 5.97 Å². The molecule has 2 heterocycles. The van der Waals surface area contributed by atoms with Crippen molar-refractivity contribution in [1.29, 1.82) is 0 Å². The molecule has 200 valence electrons. The van der Waals surface area contributed by atoms with Crippen LogP contribution in [0, 0.1) is 12.3 Å². The van der Waals surface area contributed by atoms with Crippen LogP contribution in [0.25, 0.3) is 10.4 Å². The minimum Gasteiger partial charge on any atom is -0.481 e. The van der Waals surface area contributed by atoms with Crippen LogP contribution in [0.3, 0.4) is 0 Å². The maximum absolute atomic E-state index is 13.5. The number of nitrogens with zero attached hydrogens (tertiary/aromatic N) is 2. The van der Waals surface area contributed by atoms with Crippen molar-refractivity contribution in [2.75, 3.05) is 6.54 Å². The summed E-state index contributed by atoms with van der Waals surface area (Å²) < 4.78 is 0. The zero-order valence-electron chi connectivity index (χ0n) is 21.6. The Labute approximate surface area is 220 Å². The summed E-state index contributed by atoms with van der Waals surface area (Å²) in [7, 11) is 0. The second-order valence-electron chi connectivity index (χ2n) is 10.5. The summed E-state index contributed by atoms with van der Waals surface area (Å²) in [5, 5.41) is 24.6. The standard InChI is InChI=1S/C26H34N4O6S/c1-14(16-6-8-17(9-7-16)22-15(2)27-13-37-22)28-24(35)19-10-18(31)12-30(19)25(36)23(26(3,4)5)29-20(32)11-21(33)34/h6-9,13-14,18-19,23,31H,10-12H2,1-5H3,(H,28,35)(H,29,32)(H,33,34)/t14-,18+,19-,23+/m0/s1. The van der Waals surface area contributed by atoms with Crippen molar-refractivity contribution in [3.63, 3.8) is 0 Å². The van der Waals surface area contributed by atoms with E-state index in [1.165, 1.54) is 4.90 Å². The van der Waals surface area contributed by atoms with E-state index in [1.807, 2.05) is 38.1 Å². The van der Waals surface area contributed by atoms with Gasteiger partial charge in [-0.3, -0.25) is 19.2 Å². The number of carbonyl (C=O) groups is 4. The van der Waals surface area contributed by atoms with Gasteiger partial charge in [0.25, 0.3) is 0 Å². The fourth-order valence-corrected chi connectivity index (χ4v) is 5.18. The molecule has 1 saturated heterocycles. The van der Waals surface area contributed by atoms with Gasteiger partial charge in [-0.2, -0.15) is 0 Å². The van der Waals surface area contributed by atoms with E-state index in [0.29, 0.717) is 0 Å². The third-order valence-corrected chi connectivity index (χ3v) is 7.35. The molecule has 3 amide bonds. The minimum absolute atomic E-state index is 0.0599. The van der Waals surface area contributed by atoms with Crippen molar-refractivity contribution in [2.45, 2.75) is 71.7 Å². The van der Waals surface area contributed by atoms with Gasteiger partial charge in [0.2, 0.25) is 17.7 Å². The Balaban J connectivity index is 1.72. The fourth-order valence-electron chi connectivity index (χ4n) is 4.36. The molecule has 0 spiro atoms. The highest BCUT2D eigenvalue weighted by Gasteiger charge is 2.44. The van der Waals surface area contributed by atoms with Crippen LogP contribution in [0.5, 0.6) is 0 Å². The molecule has 1 aliphatic rings. The van der Waals surface area contributed by atoms with Gasteiger partial charge in [0, 0.05) is 13.0 Å². The van der Waals surface area contributed by atoms with Gasteiger partial charge in [0.05, 0.1) is 28.2 Å². The molecule has 1 aliphatic heterocycles. The first-order valence-electron chi connectivity index (χ1n) is 12.1. The fraction of sp³-hybridized carbons (Fsp3) is 0.500. The zero-order valence-corrected chi connectivity index (χ0v) is 22.5. The van der Waals surface area contributed by atoms with Crippen molar-refractivity contribution in [3.8, 4) is 10.4 Å². The summed E-state index contributed by atoms with van der Waals surface area (Å²) >= 11 is 1.56. The summed E-state index contributed by atoms with van der Waals surface area (Å²) in [6, 6.07) is 5.46. The summed E-state index contributed by atoms with van der Waals surface area (Å²) in [6.45, 7) is 8.93. The first-order chi connectivity index (χ1) is 17.3. The Morgan fingerprint density at radius 2 is 1.81 bits per heavy atom.